The Labute approximate surface area is 275 Å². The lowest BCUT2D eigenvalue weighted by Crippen LogP contribution is -2.57. The number of carbonyl (C=O) groups excluding carboxylic acids is 3. The van der Waals surface area contributed by atoms with Gasteiger partial charge in [-0.25, -0.2) is 0 Å². The highest BCUT2D eigenvalue weighted by molar-refractivity contribution is 6.36. The van der Waals surface area contributed by atoms with E-state index in [1.807, 2.05) is 40.8 Å². The first kappa shape index (κ1) is 32.0. The van der Waals surface area contributed by atoms with E-state index in [2.05, 4.69) is 24.1 Å². The highest BCUT2D eigenvalue weighted by Gasteiger charge is 2.44. The number of likely N-dealkylation sites (tertiary alicyclic amines) is 2. The van der Waals surface area contributed by atoms with Gasteiger partial charge < -0.3 is 24.3 Å². The predicted octanol–water partition coefficient (Wildman–Crippen LogP) is 6.37. The van der Waals surface area contributed by atoms with Crippen LogP contribution in [0.5, 0.6) is 0 Å². The molecule has 3 aliphatic rings. The van der Waals surface area contributed by atoms with Crippen molar-refractivity contribution < 1.29 is 19.1 Å². The minimum absolute atomic E-state index is 0.0129. The Bertz CT molecular complexity index is 1590. The van der Waals surface area contributed by atoms with Gasteiger partial charge >= 0.3 is 0 Å². The summed E-state index contributed by atoms with van der Waals surface area (Å²) in [5, 5.41) is 4.45. The largest absolute Gasteiger partial charge is 0.376 e. The number of rotatable bonds is 9. The van der Waals surface area contributed by atoms with E-state index in [4.69, 9.17) is 27.9 Å². The monoisotopic (exact) mass is 652 g/mol. The van der Waals surface area contributed by atoms with Crippen LogP contribution >= 0.6 is 23.2 Å². The molecule has 3 aromatic rings. The number of hydrogen-bond donors (Lipinski definition) is 1. The van der Waals surface area contributed by atoms with E-state index in [-0.39, 0.29) is 36.3 Å². The van der Waals surface area contributed by atoms with Gasteiger partial charge in [-0.1, -0.05) is 55.2 Å². The number of benzene rings is 2. The van der Waals surface area contributed by atoms with Crippen LogP contribution in [-0.4, -0.2) is 76.9 Å². The van der Waals surface area contributed by atoms with E-state index in [1.54, 1.807) is 18.3 Å². The number of aromatic nitrogens is 1. The summed E-state index contributed by atoms with van der Waals surface area (Å²) in [7, 11) is 1.90. The normalized spacial score (nSPS) is 24.9. The number of ether oxygens (including phenoxy) is 1. The molecular formula is C35H42Cl2N4O4. The van der Waals surface area contributed by atoms with Crippen molar-refractivity contribution in [2.45, 2.75) is 70.6 Å². The first-order valence-corrected chi connectivity index (χ1v) is 16.7. The Kier molecular flexibility index (Phi) is 9.31. The Hall–Kier alpha value is -2.91. The zero-order valence-electron chi connectivity index (χ0n) is 26.2. The van der Waals surface area contributed by atoms with E-state index in [0.717, 1.165) is 62.4 Å². The van der Waals surface area contributed by atoms with Crippen LogP contribution in [0.15, 0.2) is 42.6 Å². The minimum atomic E-state index is -0.284. The van der Waals surface area contributed by atoms with E-state index < -0.39 is 0 Å². The molecule has 3 heterocycles. The third kappa shape index (κ3) is 6.94. The van der Waals surface area contributed by atoms with Gasteiger partial charge in [-0.15, -0.1) is 0 Å². The lowest BCUT2D eigenvalue weighted by molar-refractivity contribution is -0.133. The van der Waals surface area contributed by atoms with Crippen molar-refractivity contribution in [2.24, 2.45) is 18.4 Å². The summed E-state index contributed by atoms with van der Waals surface area (Å²) in [5.41, 5.74) is 2.81. The standard InChI is InChI=1S/C35H42Cl2N4O4/c1-35(2)20-40(21-35)24-14-25(19-45-26-10-8-22(18-42)9-11-26)41(16-24)33(43)13-23-12-30(37)31(15-29(23)36)38-34(44)28-17-39(3)32-7-5-4-6-27(28)32/h4-7,12,15,17-18,22,24-26H,8-11,13-14,16,19-21H2,1-3H3,(H,38,44)/t22-,24-,25-,26-/m0/s1. The second kappa shape index (κ2) is 13.1. The average Bonchev–Trinajstić information content (AvgIpc) is 3.59. The molecule has 2 amide bonds. The van der Waals surface area contributed by atoms with Crippen LogP contribution in [0.2, 0.25) is 10.0 Å². The summed E-state index contributed by atoms with van der Waals surface area (Å²) in [4.78, 5) is 42.7. The van der Waals surface area contributed by atoms with Gasteiger partial charge in [0, 0.05) is 60.8 Å². The molecule has 2 aliphatic heterocycles. The van der Waals surface area contributed by atoms with Crippen molar-refractivity contribution in [2.75, 3.05) is 31.6 Å². The minimum Gasteiger partial charge on any atom is -0.376 e. The van der Waals surface area contributed by atoms with Crippen LogP contribution in [0.1, 0.15) is 61.9 Å². The number of halogens is 2. The molecule has 6 rings (SSSR count). The van der Waals surface area contributed by atoms with E-state index in [1.165, 1.54) is 0 Å². The molecule has 240 valence electrons. The van der Waals surface area contributed by atoms with Crippen LogP contribution in [0.25, 0.3) is 10.9 Å². The predicted molar refractivity (Wildman–Crippen MR) is 178 cm³/mol. The van der Waals surface area contributed by atoms with Crippen molar-refractivity contribution in [3.8, 4) is 0 Å². The zero-order valence-corrected chi connectivity index (χ0v) is 27.7. The molecule has 1 aliphatic carbocycles. The number of aryl methyl sites for hydroxylation is 1. The maximum absolute atomic E-state index is 13.8. The topological polar surface area (TPSA) is 83.9 Å². The molecule has 0 spiro atoms. The lowest BCUT2D eigenvalue weighted by atomic mass is 9.83. The van der Waals surface area contributed by atoms with E-state index >= 15 is 0 Å². The van der Waals surface area contributed by atoms with Gasteiger partial charge in [-0.3, -0.25) is 14.5 Å². The van der Waals surface area contributed by atoms with Crippen molar-refractivity contribution >= 4 is 57.9 Å². The first-order chi connectivity index (χ1) is 21.5. The van der Waals surface area contributed by atoms with E-state index in [0.29, 0.717) is 51.5 Å². The summed E-state index contributed by atoms with van der Waals surface area (Å²) >= 11 is 13.4. The molecule has 1 saturated carbocycles. The average molecular weight is 654 g/mol. The van der Waals surface area contributed by atoms with Crippen molar-refractivity contribution in [3.63, 3.8) is 0 Å². The van der Waals surface area contributed by atoms with Gasteiger partial charge in [-0.05, 0) is 61.3 Å². The molecule has 0 bridgehead atoms. The molecule has 2 aromatic carbocycles. The first-order valence-electron chi connectivity index (χ1n) is 15.9. The number of fused-ring (bicyclic) bond motifs is 1. The van der Waals surface area contributed by atoms with Crippen LogP contribution in [-0.2, 0) is 27.8 Å². The summed E-state index contributed by atoms with van der Waals surface area (Å²) in [5.74, 6) is -0.155. The van der Waals surface area contributed by atoms with Crippen molar-refractivity contribution in [3.05, 3.63) is 63.8 Å². The van der Waals surface area contributed by atoms with Crippen molar-refractivity contribution in [1.29, 1.82) is 0 Å². The Morgan fingerprint density at radius 3 is 2.51 bits per heavy atom. The third-order valence-electron chi connectivity index (χ3n) is 9.79. The quantitative estimate of drug-likeness (QED) is 0.272. The number of hydrogen-bond acceptors (Lipinski definition) is 5. The highest BCUT2D eigenvalue weighted by Crippen LogP contribution is 2.36. The second-order valence-corrected chi connectivity index (χ2v) is 14.7. The Morgan fingerprint density at radius 1 is 1.07 bits per heavy atom. The lowest BCUT2D eigenvalue weighted by Gasteiger charge is -2.49. The Morgan fingerprint density at radius 2 is 1.80 bits per heavy atom. The zero-order chi connectivity index (χ0) is 31.9. The number of carbonyl (C=O) groups is 3. The van der Waals surface area contributed by atoms with Gasteiger partial charge in [0.1, 0.15) is 6.29 Å². The van der Waals surface area contributed by atoms with E-state index in [9.17, 15) is 14.4 Å². The molecule has 3 fully saturated rings. The van der Waals surface area contributed by atoms with Crippen molar-refractivity contribution in [1.82, 2.24) is 14.4 Å². The molecule has 0 radical (unpaired) electrons. The van der Waals surface area contributed by atoms with Crippen LogP contribution in [0.3, 0.4) is 0 Å². The summed E-state index contributed by atoms with van der Waals surface area (Å²) in [6.45, 7) is 7.75. The van der Waals surface area contributed by atoms with Gasteiger partial charge in [0.05, 0.1) is 41.4 Å². The van der Waals surface area contributed by atoms with Gasteiger partial charge in [-0.2, -0.15) is 0 Å². The number of anilines is 1. The number of aldehydes is 1. The molecule has 45 heavy (non-hydrogen) atoms. The number of nitrogens with zero attached hydrogens (tertiary/aromatic N) is 3. The molecule has 1 N–H and O–H groups in total. The maximum atomic E-state index is 13.8. The number of para-hydroxylation sites is 1. The number of amides is 2. The van der Waals surface area contributed by atoms with Gasteiger partial charge in [0.2, 0.25) is 5.91 Å². The fourth-order valence-electron chi connectivity index (χ4n) is 7.37. The molecule has 1 aromatic heterocycles. The third-order valence-corrected chi connectivity index (χ3v) is 10.5. The SMILES string of the molecule is Cn1cc(C(=O)Nc2cc(Cl)c(CC(=O)N3C[C@@H](N4CC(C)(C)C4)C[C@H]3CO[C@H]3CC[C@H](C=O)CC3)cc2Cl)c2ccccc21. The second-order valence-electron chi connectivity index (χ2n) is 13.9. The van der Waals surface area contributed by atoms with Crippen LogP contribution in [0, 0.1) is 11.3 Å². The molecule has 2 atom stereocenters. The summed E-state index contributed by atoms with van der Waals surface area (Å²) in [6.07, 6.45) is 7.46. The molecule has 2 saturated heterocycles. The van der Waals surface area contributed by atoms with Gasteiger partial charge in [0.15, 0.2) is 0 Å². The summed E-state index contributed by atoms with van der Waals surface area (Å²) < 4.78 is 8.27. The highest BCUT2D eigenvalue weighted by atomic mass is 35.5. The Balaban J connectivity index is 1.13. The molecule has 0 unspecified atom stereocenters. The number of nitrogens with one attached hydrogen (secondary N) is 1. The fourth-order valence-corrected chi connectivity index (χ4v) is 7.83. The van der Waals surface area contributed by atoms with Crippen LogP contribution in [0.4, 0.5) is 5.69 Å². The summed E-state index contributed by atoms with van der Waals surface area (Å²) in [6, 6.07) is 11.3. The molecular weight excluding hydrogens is 611 g/mol. The maximum Gasteiger partial charge on any atom is 0.257 e. The fraction of sp³-hybridized carbons (Fsp3) is 0.514. The van der Waals surface area contributed by atoms with Gasteiger partial charge in [0.25, 0.3) is 5.91 Å². The molecule has 8 nitrogen and oxygen atoms in total. The smallest absolute Gasteiger partial charge is 0.257 e. The molecule has 10 heteroatoms. The van der Waals surface area contributed by atoms with Crippen LogP contribution < -0.4 is 5.32 Å².